The number of phenols is 2. The van der Waals surface area contributed by atoms with E-state index in [4.69, 9.17) is 0 Å². The minimum absolute atomic E-state index is 0.257. The molecule has 2 aromatic carbocycles. The number of pyridine rings is 2. The van der Waals surface area contributed by atoms with Gasteiger partial charge in [-0.3, -0.25) is 9.97 Å². The molecule has 0 unspecified atom stereocenters. The molecule has 0 spiro atoms. The summed E-state index contributed by atoms with van der Waals surface area (Å²) >= 11 is 0. The molecule has 0 aliphatic rings. The van der Waals surface area contributed by atoms with Crippen LogP contribution in [0.5, 0.6) is 11.5 Å². The molecule has 4 nitrogen and oxygen atoms in total. The van der Waals surface area contributed by atoms with Gasteiger partial charge in [0.25, 0.3) is 0 Å². The van der Waals surface area contributed by atoms with E-state index in [1.807, 2.05) is 85.2 Å². The smallest absolute Gasteiger partial charge is 0.115 e. The summed E-state index contributed by atoms with van der Waals surface area (Å²) in [4.78, 5) is 9.02. The third kappa shape index (κ3) is 5.00. The van der Waals surface area contributed by atoms with Gasteiger partial charge in [-0.05, 0) is 58.7 Å². The predicted molar refractivity (Wildman–Crippen MR) is 122 cm³/mol. The molecule has 0 fully saturated rings. The number of aromatic nitrogens is 2. The molecular formula is C26H20N2O2. The Labute approximate surface area is 175 Å². The minimum atomic E-state index is 0.257. The predicted octanol–water partition coefficient (Wildman–Crippen LogP) is 5.90. The summed E-state index contributed by atoms with van der Waals surface area (Å²) < 4.78 is 0. The summed E-state index contributed by atoms with van der Waals surface area (Å²) in [6.45, 7) is 0. The number of hydrogen-bond acceptors (Lipinski definition) is 4. The lowest BCUT2D eigenvalue weighted by Gasteiger charge is -2.02. The van der Waals surface area contributed by atoms with E-state index in [9.17, 15) is 10.2 Å². The van der Waals surface area contributed by atoms with Gasteiger partial charge in [-0.2, -0.15) is 0 Å². The SMILES string of the molecule is Oc1ccc(C=Cc2ccc(-c3ccc(C=Cc4ccc(O)cc4)cn3)nc2)cc1. The molecule has 2 heterocycles. The van der Waals surface area contributed by atoms with Crippen LogP contribution in [0.25, 0.3) is 35.7 Å². The quantitative estimate of drug-likeness (QED) is 0.444. The van der Waals surface area contributed by atoms with Crippen molar-refractivity contribution in [1.29, 1.82) is 0 Å². The fourth-order valence-corrected chi connectivity index (χ4v) is 2.87. The van der Waals surface area contributed by atoms with E-state index >= 15 is 0 Å². The Morgan fingerprint density at radius 1 is 0.433 bits per heavy atom. The summed E-state index contributed by atoms with van der Waals surface area (Å²) in [5.74, 6) is 0.514. The third-order valence-electron chi connectivity index (χ3n) is 4.56. The molecule has 0 aliphatic heterocycles. The molecule has 30 heavy (non-hydrogen) atoms. The molecule has 0 saturated heterocycles. The topological polar surface area (TPSA) is 66.2 Å². The van der Waals surface area contributed by atoms with E-state index in [2.05, 4.69) is 9.97 Å². The van der Waals surface area contributed by atoms with Crippen LogP contribution in [0, 0.1) is 0 Å². The van der Waals surface area contributed by atoms with Crippen LogP contribution in [0.2, 0.25) is 0 Å². The Morgan fingerprint density at radius 3 is 1.10 bits per heavy atom. The second-order valence-corrected chi connectivity index (χ2v) is 6.80. The summed E-state index contributed by atoms with van der Waals surface area (Å²) in [5, 5.41) is 18.7. The van der Waals surface area contributed by atoms with Gasteiger partial charge in [0.2, 0.25) is 0 Å². The highest BCUT2D eigenvalue weighted by atomic mass is 16.3. The Morgan fingerprint density at radius 2 is 0.767 bits per heavy atom. The molecule has 0 aliphatic carbocycles. The first-order chi connectivity index (χ1) is 14.7. The standard InChI is InChI=1S/C26H20N2O2/c29-23-11-5-19(6-12-23)1-3-21-9-15-25(27-17-21)26-16-10-22(18-28-26)4-2-20-7-13-24(30)14-8-20/h1-18,29-30H. The van der Waals surface area contributed by atoms with Crippen molar-refractivity contribution in [3.8, 4) is 22.9 Å². The fourth-order valence-electron chi connectivity index (χ4n) is 2.87. The molecule has 4 rings (SSSR count). The van der Waals surface area contributed by atoms with Crippen LogP contribution >= 0.6 is 0 Å². The molecule has 0 saturated carbocycles. The highest BCUT2D eigenvalue weighted by Gasteiger charge is 2.01. The van der Waals surface area contributed by atoms with Gasteiger partial charge in [-0.25, -0.2) is 0 Å². The molecule has 4 heteroatoms. The van der Waals surface area contributed by atoms with Crippen molar-refractivity contribution in [3.63, 3.8) is 0 Å². The van der Waals surface area contributed by atoms with Crippen LogP contribution in [0.4, 0.5) is 0 Å². The number of aromatic hydroxyl groups is 2. The molecule has 0 radical (unpaired) electrons. The molecule has 0 amide bonds. The second kappa shape index (κ2) is 8.88. The minimum Gasteiger partial charge on any atom is -0.508 e. The van der Waals surface area contributed by atoms with Crippen LogP contribution in [0.1, 0.15) is 22.3 Å². The first-order valence-corrected chi connectivity index (χ1v) is 9.52. The van der Waals surface area contributed by atoms with E-state index in [0.717, 1.165) is 33.6 Å². The lowest BCUT2D eigenvalue weighted by atomic mass is 10.1. The number of hydrogen-bond donors (Lipinski definition) is 2. The molecule has 2 N–H and O–H groups in total. The van der Waals surface area contributed by atoms with Gasteiger partial charge in [0.1, 0.15) is 11.5 Å². The van der Waals surface area contributed by atoms with E-state index in [1.165, 1.54) is 0 Å². The third-order valence-corrected chi connectivity index (χ3v) is 4.56. The molecule has 2 aromatic heterocycles. The molecule has 0 atom stereocenters. The lowest BCUT2D eigenvalue weighted by molar-refractivity contribution is 0.474. The van der Waals surface area contributed by atoms with E-state index < -0.39 is 0 Å². The van der Waals surface area contributed by atoms with Crippen molar-refractivity contribution in [2.45, 2.75) is 0 Å². The lowest BCUT2D eigenvalue weighted by Crippen LogP contribution is -1.88. The maximum atomic E-state index is 9.34. The molecule has 0 bridgehead atoms. The van der Waals surface area contributed by atoms with Crippen LogP contribution in [0.15, 0.2) is 85.2 Å². The molecule has 4 aromatic rings. The van der Waals surface area contributed by atoms with Crippen molar-refractivity contribution in [2.24, 2.45) is 0 Å². The van der Waals surface area contributed by atoms with Gasteiger partial charge in [0, 0.05) is 12.4 Å². The number of rotatable bonds is 5. The van der Waals surface area contributed by atoms with Gasteiger partial charge >= 0.3 is 0 Å². The number of benzene rings is 2. The Balaban J connectivity index is 1.42. The summed E-state index contributed by atoms with van der Waals surface area (Å²) in [6, 6.07) is 22.0. The summed E-state index contributed by atoms with van der Waals surface area (Å²) in [7, 11) is 0. The van der Waals surface area contributed by atoms with Gasteiger partial charge in [0.05, 0.1) is 11.4 Å². The first kappa shape index (κ1) is 19.2. The molecular weight excluding hydrogens is 372 g/mol. The maximum absolute atomic E-state index is 9.34. The molecule has 146 valence electrons. The average molecular weight is 392 g/mol. The highest BCUT2D eigenvalue weighted by molar-refractivity contribution is 5.71. The largest absolute Gasteiger partial charge is 0.508 e. The normalized spacial score (nSPS) is 11.3. The fraction of sp³-hybridized carbons (Fsp3) is 0. The van der Waals surface area contributed by atoms with Gasteiger partial charge in [-0.1, -0.05) is 60.7 Å². The van der Waals surface area contributed by atoms with Gasteiger partial charge < -0.3 is 10.2 Å². The Hall–Kier alpha value is -4.18. The highest BCUT2D eigenvalue weighted by Crippen LogP contribution is 2.18. The van der Waals surface area contributed by atoms with Gasteiger partial charge in [0.15, 0.2) is 0 Å². The van der Waals surface area contributed by atoms with E-state index in [1.54, 1.807) is 24.3 Å². The Bertz CT molecular complexity index is 1060. The average Bonchev–Trinajstić information content (AvgIpc) is 2.79. The monoisotopic (exact) mass is 392 g/mol. The van der Waals surface area contributed by atoms with Crippen molar-refractivity contribution in [2.75, 3.05) is 0 Å². The van der Waals surface area contributed by atoms with Crippen LogP contribution in [-0.4, -0.2) is 20.2 Å². The Kier molecular flexibility index (Phi) is 5.67. The van der Waals surface area contributed by atoms with E-state index in [-0.39, 0.29) is 11.5 Å². The zero-order valence-corrected chi connectivity index (χ0v) is 16.2. The summed E-state index contributed by atoms with van der Waals surface area (Å²) in [6.07, 6.45) is 11.5. The first-order valence-electron chi connectivity index (χ1n) is 9.52. The number of phenolic OH excluding ortho intramolecular Hbond substituents is 2. The zero-order valence-electron chi connectivity index (χ0n) is 16.2. The van der Waals surface area contributed by atoms with Gasteiger partial charge in [-0.15, -0.1) is 0 Å². The van der Waals surface area contributed by atoms with Crippen LogP contribution < -0.4 is 0 Å². The van der Waals surface area contributed by atoms with Crippen molar-refractivity contribution in [1.82, 2.24) is 9.97 Å². The summed E-state index contributed by atoms with van der Waals surface area (Å²) in [5.41, 5.74) is 5.61. The van der Waals surface area contributed by atoms with Crippen LogP contribution in [0.3, 0.4) is 0 Å². The maximum Gasteiger partial charge on any atom is 0.115 e. The number of nitrogens with zero attached hydrogens (tertiary/aromatic N) is 2. The van der Waals surface area contributed by atoms with E-state index in [0.29, 0.717) is 0 Å². The van der Waals surface area contributed by atoms with Crippen molar-refractivity contribution < 1.29 is 10.2 Å². The van der Waals surface area contributed by atoms with Crippen molar-refractivity contribution >= 4 is 24.3 Å². The van der Waals surface area contributed by atoms with Crippen LogP contribution in [-0.2, 0) is 0 Å². The second-order valence-electron chi connectivity index (χ2n) is 6.80. The van der Waals surface area contributed by atoms with Crippen molar-refractivity contribution in [3.05, 3.63) is 107 Å². The zero-order chi connectivity index (χ0) is 20.8.